The monoisotopic (exact) mass is 1380 g/mol. The Bertz CT molecular complexity index is 3520. The van der Waals surface area contributed by atoms with Gasteiger partial charge in [-0.25, -0.2) is 0 Å². The number of phenols is 1. The van der Waals surface area contributed by atoms with Gasteiger partial charge < -0.3 is 102 Å². The molecule has 4 heterocycles. The molecule has 0 aliphatic carbocycles. The summed E-state index contributed by atoms with van der Waals surface area (Å²) in [5.74, 6) is -11.1. The number of primary amides is 1. The van der Waals surface area contributed by atoms with Crippen molar-refractivity contribution in [3.05, 3.63) is 102 Å². The molecule has 3 aliphatic rings. The molecule has 34 heteroatoms. The van der Waals surface area contributed by atoms with Crippen LogP contribution in [0, 0.1) is 5.92 Å². The molecule has 3 saturated heterocycles. The average molecular weight is 1380 g/mol. The molecule has 14 unspecified atom stereocenters. The van der Waals surface area contributed by atoms with Crippen LogP contribution in [0.5, 0.6) is 17.2 Å². The van der Waals surface area contributed by atoms with Gasteiger partial charge in [0.1, 0.15) is 54.2 Å². The van der Waals surface area contributed by atoms with Gasteiger partial charge in [-0.1, -0.05) is 69.9 Å². The first-order valence-electron chi connectivity index (χ1n) is 30.9. The Hall–Kier alpha value is -7.87. The molecule has 4 aromatic carbocycles. The van der Waals surface area contributed by atoms with E-state index in [0.29, 0.717) is 22.6 Å². The number of carbonyl (C=O) groups is 8. The van der Waals surface area contributed by atoms with Crippen molar-refractivity contribution in [1.29, 1.82) is 0 Å². The maximum absolute atomic E-state index is 14.7. The van der Waals surface area contributed by atoms with Crippen LogP contribution >= 0.6 is 12.3 Å². The van der Waals surface area contributed by atoms with Gasteiger partial charge in [0.15, 0.2) is 11.5 Å². The van der Waals surface area contributed by atoms with Gasteiger partial charge in [0.25, 0.3) is 18.2 Å². The van der Waals surface area contributed by atoms with Crippen molar-refractivity contribution in [2.45, 2.75) is 151 Å². The first-order chi connectivity index (χ1) is 45.9. The van der Waals surface area contributed by atoms with Crippen LogP contribution in [-0.2, 0) is 42.9 Å². The van der Waals surface area contributed by atoms with E-state index < -0.39 is 183 Å². The van der Waals surface area contributed by atoms with Crippen LogP contribution in [0.4, 0.5) is 0 Å². The minimum atomic E-state index is -2.55. The molecule has 14 atom stereocenters. The second kappa shape index (κ2) is 35.6. The molecule has 5 aromatic rings. The SMILES string of the molecule is CCCCCCCOc1ccc(-c2ccc(-c3nnc(-c4ccc(C(=O)NC5CC(O)CNC(=O)C6C(O)C(C)CN6C(=O)C(C(O)CC(N)=O)NC(=O)C(C(O)C(O)c6ccc(O)c(OSOO[O-])c6)NC(=O)C6CC(O)CN6C(=O)C(C(C)O)NC5=O)cc4)o3)cc2)cc1.[Na+]. The van der Waals surface area contributed by atoms with E-state index in [1.165, 1.54) is 50.5 Å². The van der Waals surface area contributed by atoms with Crippen LogP contribution in [0.25, 0.3) is 34.0 Å². The molecule has 0 radical (unpaired) electrons. The van der Waals surface area contributed by atoms with Gasteiger partial charge in [0.05, 0.1) is 43.5 Å². The Kier molecular flexibility index (Phi) is 28.1. The van der Waals surface area contributed by atoms with Crippen molar-refractivity contribution in [3.8, 4) is 51.3 Å². The van der Waals surface area contributed by atoms with Crippen LogP contribution < -0.4 is 76.1 Å². The van der Waals surface area contributed by atoms with Crippen LogP contribution in [0.15, 0.2) is 95.4 Å². The number of aliphatic hydroxyl groups is 7. The van der Waals surface area contributed by atoms with E-state index in [9.17, 15) is 84.5 Å². The number of β-amino-alcohol motifs (C(OH)–C–C–N with tert-alkyl or cyclic N) is 1. The minimum Gasteiger partial charge on any atom is -0.691 e. The van der Waals surface area contributed by atoms with Gasteiger partial charge in [0.2, 0.25) is 53.1 Å². The molecule has 8 amide bonds. The quantitative estimate of drug-likeness (QED) is 0.00965. The van der Waals surface area contributed by atoms with Crippen LogP contribution in [0.3, 0.4) is 0 Å². The number of hydrogen-bond acceptors (Lipinski definition) is 25. The fraction of sp³-hybridized carbons (Fsp3) is 0.460. The molecule has 0 spiro atoms. The third-order valence-corrected chi connectivity index (χ3v) is 17.0. The summed E-state index contributed by atoms with van der Waals surface area (Å²) in [6.45, 7) is 3.46. The number of nitrogens with zero attached hydrogens (tertiary/aromatic N) is 4. The Morgan fingerprint density at radius 3 is 1.97 bits per heavy atom. The Labute approximate surface area is 582 Å². The van der Waals surface area contributed by atoms with Gasteiger partial charge in [-0.2, -0.15) is 0 Å². The number of aromatic nitrogens is 2. The summed E-state index contributed by atoms with van der Waals surface area (Å²) in [5.41, 5.74) is 7.86. The zero-order valence-corrected chi connectivity index (χ0v) is 56.1. The number of ether oxygens (including phenoxy) is 1. The van der Waals surface area contributed by atoms with E-state index in [0.717, 1.165) is 59.7 Å². The molecule has 3 fully saturated rings. The van der Waals surface area contributed by atoms with Gasteiger partial charge in [-0.05, 0) is 90.7 Å². The van der Waals surface area contributed by atoms with Gasteiger partial charge in [0, 0.05) is 55.1 Å². The molecule has 97 heavy (non-hydrogen) atoms. The van der Waals surface area contributed by atoms with Crippen molar-refractivity contribution in [1.82, 2.24) is 46.6 Å². The third-order valence-electron chi connectivity index (χ3n) is 16.6. The predicted octanol–water partition coefficient (Wildman–Crippen LogP) is -4.39. The third kappa shape index (κ3) is 19.7. The number of nitrogens with two attached hydrogens (primary N) is 1. The second-order valence-electron chi connectivity index (χ2n) is 23.7. The fourth-order valence-electron chi connectivity index (χ4n) is 11.3. The molecule has 0 saturated carbocycles. The average Bonchev–Trinajstić information content (AvgIpc) is 1.71. The van der Waals surface area contributed by atoms with Crippen molar-refractivity contribution in [3.63, 3.8) is 0 Å². The number of benzene rings is 4. The van der Waals surface area contributed by atoms with E-state index in [1.54, 1.807) is 0 Å². The summed E-state index contributed by atoms with van der Waals surface area (Å²) in [4.78, 5) is 115. The smallest absolute Gasteiger partial charge is 0.691 e. The number of hydrogen-bond donors (Lipinski definition) is 14. The van der Waals surface area contributed by atoms with Crippen molar-refractivity contribution < 1.29 is 137 Å². The molecule has 0 bridgehead atoms. The molecule has 15 N–H and O–H groups in total. The largest absolute Gasteiger partial charge is 1.00 e. The van der Waals surface area contributed by atoms with Crippen molar-refractivity contribution >= 4 is 59.6 Å². The first-order valence-corrected chi connectivity index (χ1v) is 31.6. The molecule has 518 valence electrons. The van der Waals surface area contributed by atoms with Gasteiger partial charge in [-0.3, -0.25) is 43.4 Å². The number of fused-ring (bicyclic) bond motifs is 2. The van der Waals surface area contributed by atoms with E-state index in [2.05, 4.69) is 53.1 Å². The number of nitrogens with one attached hydrogen (secondary N) is 5. The van der Waals surface area contributed by atoms with Gasteiger partial charge in [-0.15, -0.1) is 14.5 Å². The maximum atomic E-state index is 14.7. The van der Waals surface area contributed by atoms with E-state index >= 15 is 0 Å². The zero-order valence-electron chi connectivity index (χ0n) is 53.3. The van der Waals surface area contributed by atoms with E-state index in [-0.39, 0.29) is 64.8 Å². The predicted molar refractivity (Wildman–Crippen MR) is 333 cm³/mol. The van der Waals surface area contributed by atoms with Crippen molar-refractivity contribution in [2.24, 2.45) is 11.7 Å². The minimum absolute atomic E-state index is 0. The standard InChI is InChI=1S/C63H78N10O22S.Na/c1-4-5-6-7-8-23-91-41-20-17-34(18-21-41)33-9-13-36(14-10-33)60-70-71-61(92-60)37-15-11-35(12-16-37)55(83)66-42-25-39(75)28-65-59(87)51-52(80)31(2)29-73(51)63(89)49(45(78)27-47(64)79)68-58(86)50(54(82)53(81)38-19-22-44(77)46(24-38)93-96-95-94-90)69-57(85)43-26-40(76)30-72(43)62(88)48(32(3)74)67-56(42)84;/h9-22,24,31-32,39-40,42-43,45,48-54,74-78,80-82,90H,4-8,23,25-30H2,1-3H3,(H2,64,79)(H,65,87)(H,66,83)(H,67,84)(H,68,86)(H,69,85);/q;+1/p-1. The molecule has 32 nitrogen and oxygen atoms in total. The fourth-order valence-corrected chi connectivity index (χ4v) is 11.6. The van der Waals surface area contributed by atoms with Gasteiger partial charge >= 0.3 is 29.6 Å². The van der Waals surface area contributed by atoms with Crippen LogP contribution in [0.2, 0.25) is 0 Å². The summed E-state index contributed by atoms with van der Waals surface area (Å²) in [6.07, 6.45) is -10.6. The number of aliphatic hydroxyl groups excluding tert-OH is 7. The first kappa shape index (κ1) is 76.5. The summed E-state index contributed by atoms with van der Waals surface area (Å²) >= 11 is -0.0888. The number of aromatic hydroxyl groups is 1. The zero-order chi connectivity index (χ0) is 69.5. The number of amides is 8. The molecule has 8 rings (SSSR count). The molecule has 1 aromatic heterocycles. The number of rotatable bonds is 23. The molecule has 3 aliphatic heterocycles. The molecular formula is C63H77N10NaO22S. The van der Waals surface area contributed by atoms with Crippen LogP contribution in [-0.4, -0.2) is 207 Å². The number of carbonyl (C=O) groups excluding carboxylic acids is 8. The Balaban J connectivity index is 0.0000133. The Morgan fingerprint density at radius 1 is 0.742 bits per heavy atom. The summed E-state index contributed by atoms with van der Waals surface area (Å²) in [5, 5.41) is 124. The summed E-state index contributed by atoms with van der Waals surface area (Å²) in [7, 11) is 0. The normalized spacial score (nSPS) is 24.2. The maximum Gasteiger partial charge on any atom is 1.00 e. The number of unbranched alkanes of at least 4 members (excludes halogenated alkanes) is 4. The topological polar surface area (TPSA) is 490 Å². The Morgan fingerprint density at radius 2 is 1.34 bits per heavy atom. The van der Waals surface area contributed by atoms with E-state index in [1.807, 2.05) is 48.5 Å². The molecular weight excluding hydrogens is 1300 g/mol. The van der Waals surface area contributed by atoms with Crippen molar-refractivity contribution in [2.75, 3.05) is 26.2 Å². The number of phenolic OH excluding ortho intramolecular Hbond substituents is 1. The summed E-state index contributed by atoms with van der Waals surface area (Å²) in [6, 6.07) is 11.4. The second-order valence-corrected chi connectivity index (χ2v) is 24.1. The summed E-state index contributed by atoms with van der Waals surface area (Å²) < 4.78 is 21.0. The van der Waals surface area contributed by atoms with Crippen LogP contribution in [0.1, 0.15) is 94.2 Å². The van der Waals surface area contributed by atoms with E-state index in [4.69, 9.17) is 19.1 Å².